The second-order valence-electron chi connectivity index (χ2n) is 6.35. The van der Waals surface area contributed by atoms with Crippen molar-refractivity contribution < 1.29 is 22.9 Å². The Balaban J connectivity index is 1.54. The Kier molecular flexibility index (Phi) is 5.47. The summed E-state index contributed by atoms with van der Waals surface area (Å²) in [5.41, 5.74) is 1.02. The SMILES string of the molecule is CCOc1ccc(-c2cc(C(=O)N(Cc3ccco3)Cc3ccco3)no2)cc1. The third-order valence-electron chi connectivity index (χ3n) is 4.32. The van der Waals surface area contributed by atoms with Crippen LogP contribution in [-0.4, -0.2) is 22.6 Å². The number of benzene rings is 1. The van der Waals surface area contributed by atoms with E-state index >= 15 is 0 Å². The molecule has 3 heterocycles. The summed E-state index contributed by atoms with van der Waals surface area (Å²) in [6, 6.07) is 16.3. The minimum absolute atomic E-state index is 0.215. The van der Waals surface area contributed by atoms with E-state index in [9.17, 15) is 4.79 Å². The molecular formula is C22H20N2O5. The van der Waals surface area contributed by atoms with Crippen molar-refractivity contribution in [3.63, 3.8) is 0 Å². The summed E-state index contributed by atoms with van der Waals surface area (Å²) in [4.78, 5) is 14.7. The molecule has 29 heavy (non-hydrogen) atoms. The Morgan fingerprint density at radius 3 is 2.21 bits per heavy atom. The largest absolute Gasteiger partial charge is 0.494 e. The maximum atomic E-state index is 13.1. The first-order valence-electron chi connectivity index (χ1n) is 9.27. The minimum atomic E-state index is -0.279. The second-order valence-corrected chi connectivity index (χ2v) is 6.35. The highest BCUT2D eigenvalue weighted by Crippen LogP contribution is 2.24. The molecule has 0 atom stereocenters. The molecule has 0 aliphatic carbocycles. The molecule has 1 amide bonds. The van der Waals surface area contributed by atoms with Gasteiger partial charge in [-0.15, -0.1) is 0 Å². The number of hydrogen-bond acceptors (Lipinski definition) is 6. The molecule has 0 unspecified atom stereocenters. The van der Waals surface area contributed by atoms with Gasteiger partial charge in [-0.3, -0.25) is 4.79 Å². The van der Waals surface area contributed by atoms with Crippen LogP contribution < -0.4 is 4.74 Å². The van der Waals surface area contributed by atoms with Gasteiger partial charge in [-0.2, -0.15) is 0 Å². The molecule has 0 N–H and O–H groups in total. The summed E-state index contributed by atoms with van der Waals surface area (Å²) in [6.45, 7) is 3.11. The molecule has 3 aromatic heterocycles. The van der Waals surface area contributed by atoms with E-state index in [2.05, 4.69) is 5.16 Å². The molecule has 0 spiro atoms. The van der Waals surface area contributed by atoms with Crippen molar-refractivity contribution in [1.82, 2.24) is 10.1 Å². The van der Waals surface area contributed by atoms with Crippen LogP contribution in [0.25, 0.3) is 11.3 Å². The highest BCUT2D eigenvalue weighted by atomic mass is 16.5. The van der Waals surface area contributed by atoms with Gasteiger partial charge in [0.1, 0.15) is 17.3 Å². The van der Waals surface area contributed by atoms with Crippen molar-refractivity contribution in [2.24, 2.45) is 0 Å². The number of carbonyl (C=O) groups is 1. The van der Waals surface area contributed by atoms with Crippen molar-refractivity contribution in [2.45, 2.75) is 20.0 Å². The van der Waals surface area contributed by atoms with Gasteiger partial charge < -0.3 is 23.0 Å². The number of furan rings is 2. The van der Waals surface area contributed by atoms with Crippen LogP contribution in [0.5, 0.6) is 5.75 Å². The van der Waals surface area contributed by atoms with E-state index in [1.165, 1.54) is 0 Å². The number of amides is 1. The van der Waals surface area contributed by atoms with Gasteiger partial charge in [0.15, 0.2) is 11.5 Å². The van der Waals surface area contributed by atoms with E-state index in [0.29, 0.717) is 23.9 Å². The number of ether oxygens (including phenoxy) is 1. The Bertz CT molecular complexity index is 997. The fourth-order valence-electron chi connectivity index (χ4n) is 2.94. The van der Waals surface area contributed by atoms with Gasteiger partial charge in [0.25, 0.3) is 5.91 Å². The zero-order valence-electron chi connectivity index (χ0n) is 15.9. The van der Waals surface area contributed by atoms with Crippen LogP contribution in [0.3, 0.4) is 0 Å². The Morgan fingerprint density at radius 2 is 1.66 bits per heavy atom. The zero-order chi connectivity index (χ0) is 20.1. The van der Waals surface area contributed by atoms with Crippen LogP contribution in [0.2, 0.25) is 0 Å². The van der Waals surface area contributed by atoms with Gasteiger partial charge in [0.2, 0.25) is 0 Å². The van der Waals surface area contributed by atoms with Crippen molar-refractivity contribution in [2.75, 3.05) is 6.61 Å². The first-order chi connectivity index (χ1) is 14.2. The van der Waals surface area contributed by atoms with Crippen molar-refractivity contribution in [3.8, 4) is 17.1 Å². The summed E-state index contributed by atoms with van der Waals surface area (Å²) < 4.78 is 21.6. The maximum absolute atomic E-state index is 13.1. The molecule has 0 aliphatic heterocycles. The highest BCUT2D eigenvalue weighted by Gasteiger charge is 2.23. The molecule has 0 bridgehead atoms. The molecule has 0 saturated carbocycles. The molecule has 0 radical (unpaired) electrons. The van der Waals surface area contributed by atoms with Gasteiger partial charge in [0.05, 0.1) is 32.2 Å². The van der Waals surface area contributed by atoms with Gasteiger partial charge in [-0.1, -0.05) is 5.16 Å². The fraction of sp³-hybridized carbons (Fsp3) is 0.182. The third-order valence-corrected chi connectivity index (χ3v) is 4.32. The minimum Gasteiger partial charge on any atom is -0.494 e. The topological polar surface area (TPSA) is 81.9 Å². The summed E-state index contributed by atoms with van der Waals surface area (Å²) in [7, 11) is 0. The third kappa shape index (κ3) is 4.40. The predicted molar refractivity (Wildman–Crippen MR) is 104 cm³/mol. The van der Waals surface area contributed by atoms with E-state index < -0.39 is 0 Å². The number of carbonyl (C=O) groups excluding carboxylic acids is 1. The van der Waals surface area contributed by atoms with E-state index in [-0.39, 0.29) is 24.7 Å². The van der Waals surface area contributed by atoms with Crippen LogP contribution in [0.15, 0.2) is 80.5 Å². The lowest BCUT2D eigenvalue weighted by atomic mass is 10.1. The number of rotatable bonds is 8. The zero-order valence-corrected chi connectivity index (χ0v) is 15.9. The number of hydrogen-bond donors (Lipinski definition) is 0. The average Bonchev–Trinajstić information content (AvgIpc) is 3.51. The van der Waals surface area contributed by atoms with E-state index in [4.69, 9.17) is 18.1 Å². The van der Waals surface area contributed by atoms with Crippen LogP contribution in [0.4, 0.5) is 0 Å². The molecule has 7 nitrogen and oxygen atoms in total. The summed E-state index contributed by atoms with van der Waals surface area (Å²) in [5, 5.41) is 3.97. The predicted octanol–water partition coefficient (Wildman–Crippen LogP) is 4.77. The molecule has 0 saturated heterocycles. The lowest BCUT2D eigenvalue weighted by Crippen LogP contribution is -2.30. The monoisotopic (exact) mass is 392 g/mol. The fourth-order valence-corrected chi connectivity index (χ4v) is 2.94. The van der Waals surface area contributed by atoms with E-state index in [1.807, 2.05) is 43.3 Å². The second kappa shape index (κ2) is 8.52. The van der Waals surface area contributed by atoms with Gasteiger partial charge >= 0.3 is 0 Å². The lowest BCUT2D eigenvalue weighted by molar-refractivity contribution is 0.0694. The van der Waals surface area contributed by atoms with Gasteiger partial charge in [0, 0.05) is 11.6 Å². The molecule has 4 aromatic rings. The lowest BCUT2D eigenvalue weighted by Gasteiger charge is -2.19. The Hall–Kier alpha value is -3.74. The Labute approximate surface area is 167 Å². The molecule has 1 aromatic carbocycles. The summed E-state index contributed by atoms with van der Waals surface area (Å²) in [5.74, 6) is 2.33. The van der Waals surface area contributed by atoms with Gasteiger partial charge in [-0.05, 0) is 55.5 Å². The number of nitrogens with zero attached hydrogens (tertiary/aromatic N) is 2. The standard InChI is InChI=1S/C22H20N2O5/c1-2-26-17-9-7-16(8-10-17)21-13-20(23-29-21)22(25)24(14-18-5-3-11-27-18)15-19-6-4-12-28-19/h3-13H,2,14-15H2,1H3. The van der Waals surface area contributed by atoms with Crippen molar-refractivity contribution in [3.05, 3.63) is 84.3 Å². The van der Waals surface area contributed by atoms with E-state index in [1.54, 1.807) is 35.6 Å². The van der Waals surface area contributed by atoms with Gasteiger partial charge in [-0.25, -0.2) is 0 Å². The Morgan fingerprint density at radius 1 is 1.00 bits per heavy atom. The first kappa shape index (κ1) is 18.6. The first-order valence-corrected chi connectivity index (χ1v) is 9.27. The van der Waals surface area contributed by atoms with E-state index in [0.717, 1.165) is 11.3 Å². The van der Waals surface area contributed by atoms with Crippen LogP contribution in [0.1, 0.15) is 28.9 Å². The maximum Gasteiger partial charge on any atom is 0.276 e. The average molecular weight is 392 g/mol. The summed E-state index contributed by atoms with van der Waals surface area (Å²) >= 11 is 0. The summed E-state index contributed by atoms with van der Waals surface area (Å²) in [6.07, 6.45) is 3.15. The molecule has 148 valence electrons. The van der Waals surface area contributed by atoms with Crippen LogP contribution in [-0.2, 0) is 13.1 Å². The smallest absolute Gasteiger partial charge is 0.276 e. The molecule has 0 fully saturated rings. The van der Waals surface area contributed by atoms with Crippen molar-refractivity contribution in [1.29, 1.82) is 0 Å². The van der Waals surface area contributed by atoms with Crippen LogP contribution in [0, 0.1) is 0 Å². The number of aromatic nitrogens is 1. The molecule has 7 heteroatoms. The quantitative estimate of drug-likeness (QED) is 0.430. The molecule has 4 rings (SSSR count). The van der Waals surface area contributed by atoms with Crippen molar-refractivity contribution >= 4 is 5.91 Å². The molecular weight excluding hydrogens is 372 g/mol. The normalized spacial score (nSPS) is 10.8. The highest BCUT2D eigenvalue weighted by molar-refractivity contribution is 5.93. The molecule has 0 aliphatic rings. The van der Waals surface area contributed by atoms with Crippen LogP contribution >= 0.6 is 0 Å².